The zero-order valence-corrected chi connectivity index (χ0v) is 16.7. The van der Waals surface area contributed by atoms with Crippen molar-refractivity contribution in [1.29, 1.82) is 0 Å². The topological polar surface area (TPSA) is 109 Å². The summed E-state index contributed by atoms with van der Waals surface area (Å²) in [7, 11) is 0. The molecule has 1 aliphatic heterocycles. The SMILES string of the molecule is CCC1CC(Oc2ncc(-c3ccc(-c4cn[nH]c4)cc3O)nn2)CC(CC)N1. The van der Waals surface area contributed by atoms with E-state index in [2.05, 4.69) is 44.5 Å². The molecule has 29 heavy (non-hydrogen) atoms. The molecular weight excluding hydrogens is 368 g/mol. The lowest BCUT2D eigenvalue weighted by Gasteiger charge is -2.35. The molecule has 1 fully saturated rings. The number of aromatic amines is 1. The molecule has 2 atom stereocenters. The van der Waals surface area contributed by atoms with Gasteiger partial charge in [0.15, 0.2) is 0 Å². The number of benzene rings is 1. The first-order valence-electron chi connectivity index (χ1n) is 10.1. The predicted molar refractivity (Wildman–Crippen MR) is 109 cm³/mol. The Morgan fingerprint density at radius 1 is 1.07 bits per heavy atom. The molecule has 3 aromatic rings. The molecule has 1 aromatic carbocycles. The summed E-state index contributed by atoms with van der Waals surface area (Å²) in [6.45, 7) is 4.37. The molecule has 3 heterocycles. The maximum Gasteiger partial charge on any atom is 0.335 e. The van der Waals surface area contributed by atoms with E-state index in [9.17, 15) is 5.11 Å². The summed E-state index contributed by atoms with van der Waals surface area (Å²) in [5, 5.41) is 29.1. The fourth-order valence-corrected chi connectivity index (χ4v) is 3.79. The highest BCUT2D eigenvalue weighted by molar-refractivity contribution is 5.73. The molecule has 2 aromatic heterocycles. The fourth-order valence-electron chi connectivity index (χ4n) is 3.79. The number of piperidine rings is 1. The average molecular weight is 394 g/mol. The Kier molecular flexibility index (Phi) is 5.71. The molecule has 8 nitrogen and oxygen atoms in total. The summed E-state index contributed by atoms with van der Waals surface area (Å²) in [5.74, 6) is 0.114. The molecule has 8 heteroatoms. The third-order valence-corrected chi connectivity index (χ3v) is 5.47. The van der Waals surface area contributed by atoms with E-state index in [1.807, 2.05) is 6.07 Å². The van der Waals surface area contributed by atoms with Gasteiger partial charge in [-0.15, -0.1) is 5.10 Å². The highest BCUT2D eigenvalue weighted by atomic mass is 16.5. The van der Waals surface area contributed by atoms with Crippen molar-refractivity contribution in [1.82, 2.24) is 30.7 Å². The molecular formula is C21H26N6O2. The number of hydrogen-bond acceptors (Lipinski definition) is 7. The van der Waals surface area contributed by atoms with Crippen LogP contribution in [0.4, 0.5) is 0 Å². The third-order valence-electron chi connectivity index (χ3n) is 5.47. The van der Waals surface area contributed by atoms with Crippen molar-refractivity contribution in [2.75, 3.05) is 0 Å². The van der Waals surface area contributed by atoms with Crippen LogP contribution in [0, 0.1) is 0 Å². The van der Waals surface area contributed by atoms with Crippen LogP contribution >= 0.6 is 0 Å². The van der Waals surface area contributed by atoms with Gasteiger partial charge in [-0.25, -0.2) is 4.98 Å². The van der Waals surface area contributed by atoms with E-state index in [0.717, 1.165) is 36.8 Å². The van der Waals surface area contributed by atoms with Gasteiger partial charge in [0.05, 0.1) is 12.4 Å². The van der Waals surface area contributed by atoms with E-state index < -0.39 is 0 Å². The van der Waals surface area contributed by atoms with E-state index in [-0.39, 0.29) is 17.9 Å². The van der Waals surface area contributed by atoms with Gasteiger partial charge in [-0.1, -0.05) is 25.0 Å². The largest absolute Gasteiger partial charge is 0.507 e. The van der Waals surface area contributed by atoms with Crippen LogP contribution in [0.2, 0.25) is 0 Å². The zero-order valence-electron chi connectivity index (χ0n) is 16.7. The van der Waals surface area contributed by atoms with E-state index in [1.165, 1.54) is 0 Å². The Balaban J connectivity index is 1.46. The number of aromatic hydroxyl groups is 1. The summed E-state index contributed by atoms with van der Waals surface area (Å²) >= 11 is 0. The molecule has 0 bridgehead atoms. The van der Waals surface area contributed by atoms with E-state index in [1.54, 1.807) is 30.7 Å². The second kappa shape index (κ2) is 8.57. The lowest BCUT2D eigenvalue weighted by molar-refractivity contribution is 0.102. The van der Waals surface area contributed by atoms with E-state index in [4.69, 9.17) is 4.74 Å². The molecule has 0 radical (unpaired) electrons. The Morgan fingerprint density at radius 3 is 2.45 bits per heavy atom. The van der Waals surface area contributed by atoms with Crippen molar-refractivity contribution in [3.63, 3.8) is 0 Å². The molecule has 1 aliphatic rings. The van der Waals surface area contributed by atoms with Crippen LogP contribution in [0.25, 0.3) is 22.4 Å². The maximum absolute atomic E-state index is 10.4. The molecule has 0 amide bonds. The molecule has 152 valence electrons. The van der Waals surface area contributed by atoms with Crippen molar-refractivity contribution < 1.29 is 9.84 Å². The minimum absolute atomic E-state index is 0.0847. The van der Waals surface area contributed by atoms with Gasteiger partial charge < -0.3 is 15.2 Å². The van der Waals surface area contributed by atoms with Crippen molar-refractivity contribution in [2.24, 2.45) is 0 Å². The van der Waals surface area contributed by atoms with E-state index in [0.29, 0.717) is 23.3 Å². The zero-order chi connectivity index (χ0) is 20.2. The van der Waals surface area contributed by atoms with Crippen LogP contribution in [0.3, 0.4) is 0 Å². The van der Waals surface area contributed by atoms with E-state index >= 15 is 0 Å². The fraction of sp³-hybridized carbons (Fsp3) is 0.429. The second-order valence-electron chi connectivity index (χ2n) is 7.43. The highest BCUT2D eigenvalue weighted by Crippen LogP contribution is 2.32. The average Bonchev–Trinajstić information content (AvgIpc) is 3.29. The molecule has 4 rings (SSSR count). The van der Waals surface area contributed by atoms with Crippen LogP contribution in [-0.2, 0) is 0 Å². The molecule has 0 spiro atoms. The Hall–Kier alpha value is -3.00. The number of ether oxygens (including phenoxy) is 1. The number of phenols is 1. The van der Waals surface area contributed by atoms with Gasteiger partial charge in [-0.3, -0.25) is 5.10 Å². The third kappa shape index (κ3) is 4.37. The Labute approximate surface area is 169 Å². The number of nitrogens with zero attached hydrogens (tertiary/aromatic N) is 4. The number of hydrogen-bond donors (Lipinski definition) is 3. The number of aromatic nitrogens is 5. The monoisotopic (exact) mass is 394 g/mol. The molecule has 1 saturated heterocycles. The summed E-state index contributed by atoms with van der Waals surface area (Å²) < 4.78 is 6.01. The summed E-state index contributed by atoms with van der Waals surface area (Å²) in [4.78, 5) is 4.32. The molecule has 3 N–H and O–H groups in total. The van der Waals surface area contributed by atoms with Gasteiger partial charge in [0.1, 0.15) is 17.5 Å². The van der Waals surface area contributed by atoms with Crippen LogP contribution in [0.15, 0.2) is 36.8 Å². The summed E-state index contributed by atoms with van der Waals surface area (Å²) in [6.07, 6.45) is 9.17. The summed E-state index contributed by atoms with van der Waals surface area (Å²) in [6, 6.07) is 6.57. The van der Waals surface area contributed by atoms with Crippen LogP contribution in [-0.4, -0.2) is 48.7 Å². The van der Waals surface area contributed by atoms with Gasteiger partial charge in [0.25, 0.3) is 0 Å². The van der Waals surface area contributed by atoms with Crippen molar-refractivity contribution in [3.8, 4) is 34.1 Å². The number of H-pyrrole nitrogens is 1. The normalized spacial score (nSPS) is 21.8. The van der Waals surface area contributed by atoms with Gasteiger partial charge in [0, 0.05) is 29.4 Å². The van der Waals surface area contributed by atoms with Gasteiger partial charge in [0.2, 0.25) is 0 Å². The number of phenolic OH excluding ortho intramolecular Hbond substituents is 1. The lowest BCUT2D eigenvalue weighted by atomic mass is 9.93. The molecule has 2 unspecified atom stereocenters. The molecule has 0 saturated carbocycles. The van der Waals surface area contributed by atoms with Gasteiger partial charge >= 0.3 is 6.01 Å². The Bertz CT molecular complexity index is 917. The Morgan fingerprint density at radius 2 is 1.86 bits per heavy atom. The first-order chi connectivity index (χ1) is 14.2. The van der Waals surface area contributed by atoms with Crippen LogP contribution in [0.5, 0.6) is 11.8 Å². The summed E-state index contributed by atoms with van der Waals surface area (Å²) in [5.41, 5.74) is 2.83. The quantitative estimate of drug-likeness (QED) is 0.588. The maximum atomic E-state index is 10.4. The van der Waals surface area contributed by atoms with Crippen molar-refractivity contribution >= 4 is 0 Å². The number of rotatable bonds is 6. The minimum atomic E-state index is 0.0847. The first-order valence-corrected chi connectivity index (χ1v) is 10.1. The lowest BCUT2D eigenvalue weighted by Crippen LogP contribution is -2.48. The minimum Gasteiger partial charge on any atom is -0.507 e. The van der Waals surface area contributed by atoms with Crippen molar-refractivity contribution in [3.05, 3.63) is 36.8 Å². The van der Waals surface area contributed by atoms with Gasteiger partial charge in [-0.2, -0.15) is 5.10 Å². The number of nitrogens with one attached hydrogen (secondary N) is 2. The standard InChI is InChI=1S/C21H26N6O2/c1-3-15-8-17(9-16(4-2)25-15)29-21-22-12-19(26-27-21)18-6-5-13(7-20(18)28)14-10-23-24-11-14/h5-7,10-12,15-17,25,28H,3-4,8-9H2,1-2H3,(H,23,24). The van der Waals surface area contributed by atoms with Crippen LogP contribution < -0.4 is 10.1 Å². The smallest absolute Gasteiger partial charge is 0.335 e. The molecule has 0 aliphatic carbocycles. The second-order valence-corrected chi connectivity index (χ2v) is 7.43. The predicted octanol–water partition coefficient (Wildman–Crippen LogP) is 3.32. The van der Waals surface area contributed by atoms with Crippen molar-refractivity contribution in [2.45, 2.75) is 57.7 Å². The first kappa shape index (κ1) is 19.3. The highest BCUT2D eigenvalue weighted by Gasteiger charge is 2.28. The van der Waals surface area contributed by atoms with Crippen LogP contribution in [0.1, 0.15) is 39.5 Å². The van der Waals surface area contributed by atoms with Gasteiger partial charge in [-0.05, 0) is 43.4 Å².